The van der Waals surface area contributed by atoms with Gasteiger partial charge in [-0.15, -0.1) is 0 Å². The van der Waals surface area contributed by atoms with Gasteiger partial charge in [-0.3, -0.25) is 4.79 Å². The Kier molecular flexibility index (Phi) is 14.8. The van der Waals surface area contributed by atoms with Gasteiger partial charge in [0.2, 0.25) is 0 Å². The number of esters is 1. The molecule has 2 N–H and O–H groups in total. The van der Waals surface area contributed by atoms with E-state index in [9.17, 15) is 15.0 Å². The first-order valence-corrected chi connectivity index (χ1v) is 20.7. The van der Waals surface area contributed by atoms with Gasteiger partial charge in [-0.2, -0.15) is 0 Å². The summed E-state index contributed by atoms with van der Waals surface area (Å²) in [7, 11) is 0. The molecule has 0 saturated heterocycles. The zero-order valence-electron chi connectivity index (χ0n) is 31.9. The Bertz CT molecular complexity index is 988. The number of ether oxygens (including phenoxy) is 1. The van der Waals surface area contributed by atoms with Crippen molar-refractivity contribution in [2.45, 2.75) is 202 Å². The second kappa shape index (κ2) is 17.9. The van der Waals surface area contributed by atoms with E-state index in [1.165, 1.54) is 82.6 Å². The van der Waals surface area contributed by atoms with E-state index >= 15 is 0 Å². The molecule has 0 aromatic heterocycles. The fourth-order valence-corrected chi connectivity index (χ4v) is 11.5. The summed E-state index contributed by atoms with van der Waals surface area (Å²) in [5, 5.41) is 23.2. The number of aliphatic hydroxyl groups is 2. The normalized spacial score (nSPS) is 35.4. The van der Waals surface area contributed by atoms with Crippen LogP contribution in [0.1, 0.15) is 183 Å². The van der Waals surface area contributed by atoms with E-state index in [4.69, 9.17) is 4.74 Å². The van der Waals surface area contributed by atoms with Gasteiger partial charge < -0.3 is 14.9 Å². The molecule has 3 fully saturated rings. The average molecular weight is 657 g/mol. The van der Waals surface area contributed by atoms with Gasteiger partial charge in [-0.25, -0.2) is 0 Å². The van der Waals surface area contributed by atoms with Gasteiger partial charge >= 0.3 is 5.97 Å². The van der Waals surface area contributed by atoms with Crippen molar-refractivity contribution in [2.24, 2.45) is 52.3 Å². The Balaban J connectivity index is 1.26. The number of carbonyl (C=O) groups excluding carboxylic acids is 1. The van der Waals surface area contributed by atoms with E-state index in [0.717, 1.165) is 51.4 Å². The van der Waals surface area contributed by atoms with E-state index in [1.54, 1.807) is 0 Å². The van der Waals surface area contributed by atoms with Crippen LogP contribution in [0.4, 0.5) is 0 Å². The van der Waals surface area contributed by atoms with Crippen molar-refractivity contribution < 1.29 is 19.7 Å². The van der Waals surface area contributed by atoms with Crippen LogP contribution in [-0.4, -0.2) is 34.5 Å². The third-order valence-corrected chi connectivity index (χ3v) is 14.7. The predicted octanol–water partition coefficient (Wildman–Crippen LogP) is 11.2. The highest BCUT2D eigenvalue weighted by Gasteiger charge is 2.61. The highest BCUT2D eigenvalue weighted by atomic mass is 16.5. The second-order valence-corrected chi connectivity index (χ2v) is 17.8. The lowest BCUT2D eigenvalue weighted by atomic mass is 9.46. The second-order valence-electron chi connectivity index (χ2n) is 17.8. The zero-order chi connectivity index (χ0) is 34.2. The van der Waals surface area contributed by atoms with Crippen LogP contribution in [0, 0.1) is 52.3 Å². The molecule has 0 aromatic rings. The lowest BCUT2D eigenvalue weighted by Crippen LogP contribution is -2.55. The molecule has 4 nitrogen and oxygen atoms in total. The molecule has 4 aliphatic rings. The highest BCUT2D eigenvalue weighted by Crippen LogP contribution is 2.67. The summed E-state index contributed by atoms with van der Waals surface area (Å²) in [4.78, 5) is 12.8. The molecule has 11 atom stereocenters. The van der Waals surface area contributed by atoms with Crippen LogP contribution >= 0.6 is 0 Å². The molecule has 4 heteroatoms. The number of fused-ring (bicyclic) bond motifs is 5. The lowest BCUT2D eigenvalue weighted by Gasteiger charge is -2.59. The van der Waals surface area contributed by atoms with Crippen LogP contribution in [0.15, 0.2) is 11.6 Å². The Morgan fingerprint density at radius 2 is 1.51 bits per heavy atom. The molecule has 0 radical (unpaired) electrons. The summed E-state index contributed by atoms with van der Waals surface area (Å²) in [5.41, 5.74) is 1.63. The van der Waals surface area contributed by atoms with Gasteiger partial charge in [0, 0.05) is 12.8 Å². The van der Waals surface area contributed by atoms with Gasteiger partial charge in [0.1, 0.15) is 6.10 Å². The quantitative estimate of drug-likeness (QED) is 0.0825. The third kappa shape index (κ3) is 9.28. The molecule has 0 aliphatic heterocycles. The molecule has 0 bridgehead atoms. The van der Waals surface area contributed by atoms with Crippen molar-refractivity contribution in [1.29, 1.82) is 0 Å². The van der Waals surface area contributed by atoms with Crippen molar-refractivity contribution in [3.05, 3.63) is 11.6 Å². The zero-order valence-corrected chi connectivity index (χ0v) is 31.9. The fourth-order valence-electron chi connectivity index (χ4n) is 11.5. The summed E-state index contributed by atoms with van der Waals surface area (Å²) in [5.74, 6) is 3.29. The predicted molar refractivity (Wildman–Crippen MR) is 196 cm³/mol. The molecule has 272 valence electrons. The monoisotopic (exact) mass is 657 g/mol. The maximum atomic E-state index is 12.8. The molecular weight excluding hydrogens is 580 g/mol. The Morgan fingerprint density at radius 1 is 0.872 bits per heavy atom. The van der Waals surface area contributed by atoms with Gasteiger partial charge in [0.15, 0.2) is 0 Å². The minimum atomic E-state index is -0.414. The molecule has 0 aromatic carbocycles. The van der Waals surface area contributed by atoms with Crippen molar-refractivity contribution in [1.82, 2.24) is 0 Å². The number of hydrogen-bond acceptors (Lipinski definition) is 4. The molecular formula is C43H76O4. The summed E-state index contributed by atoms with van der Waals surface area (Å²) in [6.07, 6.45) is 25.8. The van der Waals surface area contributed by atoms with E-state index in [1.807, 2.05) is 0 Å². The number of carbonyl (C=O) groups is 1. The SMILES string of the molecule is CCCCCCCCCCCCCC(=O)OC1CCC2(C)C(=CC(O)C3C2CCC2(C)C(C(C)C(O)CC(CC)C(C)C)CCC32)C1. The summed E-state index contributed by atoms with van der Waals surface area (Å²) >= 11 is 0. The molecule has 47 heavy (non-hydrogen) atoms. The fraction of sp³-hybridized carbons (Fsp3) is 0.930. The number of aliphatic hydroxyl groups excluding tert-OH is 2. The van der Waals surface area contributed by atoms with Crippen LogP contribution in [0.25, 0.3) is 0 Å². The molecule has 0 spiro atoms. The van der Waals surface area contributed by atoms with Gasteiger partial charge in [0.25, 0.3) is 0 Å². The molecule has 3 saturated carbocycles. The van der Waals surface area contributed by atoms with Crippen LogP contribution in [0.2, 0.25) is 0 Å². The minimum absolute atomic E-state index is 0.0234. The van der Waals surface area contributed by atoms with Gasteiger partial charge in [0.05, 0.1) is 12.2 Å². The van der Waals surface area contributed by atoms with Crippen molar-refractivity contribution >= 4 is 5.97 Å². The molecule has 11 unspecified atom stereocenters. The third-order valence-electron chi connectivity index (χ3n) is 14.7. The van der Waals surface area contributed by atoms with Gasteiger partial charge in [-0.05, 0) is 104 Å². The number of unbranched alkanes of at least 4 members (excludes halogenated alkanes) is 10. The highest BCUT2D eigenvalue weighted by molar-refractivity contribution is 5.69. The average Bonchev–Trinajstić information content (AvgIpc) is 3.39. The van der Waals surface area contributed by atoms with Crippen LogP contribution in [-0.2, 0) is 9.53 Å². The summed E-state index contributed by atoms with van der Waals surface area (Å²) in [6.45, 7) is 16.4. The first-order chi connectivity index (χ1) is 22.5. The largest absolute Gasteiger partial charge is 0.462 e. The molecule has 0 heterocycles. The van der Waals surface area contributed by atoms with Crippen molar-refractivity contribution in [2.75, 3.05) is 0 Å². The first-order valence-electron chi connectivity index (χ1n) is 20.7. The van der Waals surface area contributed by atoms with Crippen molar-refractivity contribution in [3.8, 4) is 0 Å². The molecule has 0 amide bonds. The van der Waals surface area contributed by atoms with Gasteiger partial charge in [-0.1, -0.05) is 131 Å². The topological polar surface area (TPSA) is 66.8 Å². The van der Waals surface area contributed by atoms with Crippen LogP contribution in [0.3, 0.4) is 0 Å². The van der Waals surface area contributed by atoms with E-state index in [0.29, 0.717) is 47.8 Å². The number of rotatable bonds is 19. The van der Waals surface area contributed by atoms with Crippen molar-refractivity contribution in [3.63, 3.8) is 0 Å². The van der Waals surface area contributed by atoms with E-state index in [-0.39, 0.29) is 29.0 Å². The smallest absolute Gasteiger partial charge is 0.306 e. The maximum absolute atomic E-state index is 12.8. The molecule has 4 rings (SSSR count). The lowest BCUT2D eigenvalue weighted by molar-refractivity contribution is -0.152. The Hall–Kier alpha value is -0.870. The standard InChI is InChI=1S/C43H76O4/c1-8-10-11-12-13-14-15-16-17-18-19-20-40(46)47-34-23-25-42(6)33(28-34)29-39(45)41-36-22-21-35(43(36,7)26-24-37(41)42)31(5)38(44)27-32(9-2)30(3)4/h29-32,34-39,41,44-45H,8-28H2,1-7H3. The summed E-state index contributed by atoms with van der Waals surface area (Å²) < 4.78 is 6.06. The van der Waals surface area contributed by atoms with E-state index < -0.39 is 6.10 Å². The Morgan fingerprint density at radius 3 is 2.13 bits per heavy atom. The van der Waals surface area contributed by atoms with Crippen LogP contribution < -0.4 is 0 Å². The van der Waals surface area contributed by atoms with E-state index in [2.05, 4.69) is 54.5 Å². The Labute approximate surface area is 290 Å². The van der Waals surface area contributed by atoms with Crippen LogP contribution in [0.5, 0.6) is 0 Å². The maximum Gasteiger partial charge on any atom is 0.306 e. The minimum Gasteiger partial charge on any atom is -0.462 e. The molecule has 4 aliphatic carbocycles. The number of hydrogen-bond donors (Lipinski definition) is 2. The summed E-state index contributed by atoms with van der Waals surface area (Å²) in [6, 6.07) is 0. The first kappa shape index (κ1) is 38.9.